The molecule has 0 heterocycles. The van der Waals surface area contributed by atoms with Crippen LogP contribution in [0.5, 0.6) is 17.2 Å². The first-order valence-corrected chi connectivity index (χ1v) is 6.28. The minimum Gasteiger partial charge on any atom is -0.504 e. The maximum atomic E-state index is 12.1. The topological polar surface area (TPSA) is 89.8 Å². The zero-order chi connectivity index (χ0) is 13.6. The van der Waals surface area contributed by atoms with Gasteiger partial charge in [0.25, 0.3) is 5.91 Å². The molecule has 2 aliphatic rings. The second-order valence-corrected chi connectivity index (χ2v) is 5.22. The number of aromatic hydroxyl groups is 3. The van der Waals surface area contributed by atoms with Gasteiger partial charge in [-0.1, -0.05) is 12.2 Å². The maximum absolute atomic E-state index is 12.1. The summed E-state index contributed by atoms with van der Waals surface area (Å²) in [5.41, 5.74) is 0.138. The number of carbonyl (C=O) groups excluding carboxylic acids is 1. The van der Waals surface area contributed by atoms with Crippen molar-refractivity contribution in [2.45, 2.75) is 18.9 Å². The Balaban J connectivity index is 1.76. The Morgan fingerprint density at radius 2 is 1.79 bits per heavy atom. The summed E-state index contributed by atoms with van der Waals surface area (Å²) in [7, 11) is 0. The Bertz CT molecular complexity index is 544. The van der Waals surface area contributed by atoms with E-state index in [1.54, 1.807) is 0 Å². The van der Waals surface area contributed by atoms with E-state index in [1.165, 1.54) is 0 Å². The Hall–Kier alpha value is -2.17. The van der Waals surface area contributed by atoms with Gasteiger partial charge in [0.2, 0.25) is 0 Å². The molecule has 1 amide bonds. The highest BCUT2D eigenvalue weighted by molar-refractivity contribution is 5.95. The van der Waals surface area contributed by atoms with E-state index in [0.29, 0.717) is 11.8 Å². The molecule has 1 aromatic carbocycles. The number of benzene rings is 1. The van der Waals surface area contributed by atoms with Gasteiger partial charge in [0.05, 0.1) is 0 Å². The summed E-state index contributed by atoms with van der Waals surface area (Å²) in [5.74, 6) is -1.03. The minimum atomic E-state index is -0.612. The Labute approximate surface area is 110 Å². The smallest absolute Gasteiger partial charge is 0.251 e. The van der Waals surface area contributed by atoms with Crippen molar-refractivity contribution in [3.63, 3.8) is 0 Å². The summed E-state index contributed by atoms with van der Waals surface area (Å²) in [5, 5.41) is 30.9. The van der Waals surface area contributed by atoms with E-state index >= 15 is 0 Å². The highest BCUT2D eigenvalue weighted by Gasteiger charge is 2.36. The molecule has 3 rings (SSSR count). The van der Waals surface area contributed by atoms with E-state index in [1.807, 2.05) is 0 Å². The number of phenolic OH excluding ortho intramolecular Hbond substituents is 3. The number of allylic oxidation sites excluding steroid dienone is 1. The molecule has 100 valence electrons. The van der Waals surface area contributed by atoms with Gasteiger partial charge in [-0.3, -0.25) is 4.79 Å². The molecule has 0 saturated heterocycles. The van der Waals surface area contributed by atoms with Crippen molar-refractivity contribution >= 4 is 5.91 Å². The Morgan fingerprint density at radius 3 is 2.32 bits per heavy atom. The first-order chi connectivity index (χ1) is 9.04. The molecule has 5 nitrogen and oxygen atoms in total. The third kappa shape index (κ3) is 2.01. The average molecular weight is 261 g/mol. The molecule has 19 heavy (non-hydrogen) atoms. The molecular weight excluding hydrogens is 246 g/mol. The van der Waals surface area contributed by atoms with Crippen molar-refractivity contribution in [2.24, 2.45) is 11.8 Å². The van der Waals surface area contributed by atoms with Crippen LogP contribution in [0.3, 0.4) is 0 Å². The number of amides is 1. The highest BCUT2D eigenvalue weighted by atomic mass is 16.3. The van der Waals surface area contributed by atoms with Gasteiger partial charge in [-0.2, -0.15) is 0 Å². The first kappa shape index (κ1) is 11.9. The van der Waals surface area contributed by atoms with Crippen molar-refractivity contribution in [1.29, 1.82) is 0 Å². The molecule has 3 atom stereocenters. The van der Waals surface area contributed by atoms with Crippen molar-refractivity contribution in [3.8, 4) is 17.2 Å². The summed E-state index contributed by atoms with van der Waals surface area (Å²) in [6, 6.07) is 2.40. The zero-order valence-electron chi connectivity index (χ0n) is 10.2. The van der Waals surface area contributed by atoms with E-state index in [2.05, 4.69) is 17.5 Å². The van der Waals surface area contributed by atoms with Gasteiger partial charge in [0.15, 0.2) is 17.2 Å². The van der Waals surface area contributed by atoms with Gasteiger partial charge in [-0.15, -0.1) is 0 Å². The lowest BCUT2D eigenvalue weighted by Crippen LogP contribution is -2.37. The van der Waals surface area contributed by atoms with Gasteiger partial charge < -0.3 is 20.6 Å². The monoisotopic (exact) mass is 261 g/mol. The zero-order valence-corrected chi connectivity index (χ0v) is 10.2. The Morgan fingerprint density at radius 1 is 1.11 bits per heavy atom. The van der Waals surface area contributed by atoms with Crippen LogP contribution >= 0.6 is 0 Å². The van der Waals surface area contributed by atoms with Crippen LogP contribution in [-0.4, -0.2) is 27.3 Å². The third-order valence-corrected chi connectivity index (χ3v) is 3.93. The lowest BCUT2D eigenvalue weighted by Gasteiger charge is -2.19. The number of carbonyl (C=O) groups is 1. The van der Waals surface area contributed by atoms with Gasteiger partial charge in [0.1, 0.15) is 0 Å². The summed E-state index contributed by atoms with van der Waals surface area (Å²) >= 11 is 0. The molecule has 0 aliphatic heterocycles. The highest BCUT2D eigenvalue weighted by Crippen LogP contribution is 2.39. The minimum absolute atomic E-state index is 0.112. The number of nitrogens with one attached hydrogen (secondary N) is 1. The summed E-state index contributed by atoms with van der Waals surface area (Å²) in [6.07, 6.45) is 6.33. The molecule has 2 bridgehead atoms. The van der Waals surface area contributed by atoms with Crippen LogP contribution in [0.1, 0.15) is 23.2 Å². The van der Waals surface area contributed by atoms with Crippen LogP contribution in [0.25, 0.3) is 0 Å². The van der Waals surface area contributed by atoms with Gasteiger partial charge in [-0.05, 0) is 36.8 Å². The van der Waals surface area contributed by atoms with Crippen molar-refractivity contribution in [3.05, 3.63) is 29.8 Å². The molecule has 1 aromatic rings. The van der Waals surface area contributed by atoms with E-state index in [0.717, 1.165) is 25.0 Å². The summed E-state index contributed by atoms with van der Waals surface area (Å²) in [4.78, 5) is 12.1. The fourth-order valence-electron chi connectivity index (χ4n) is 2.93. The predicted octanol–water partition coefficient (Wildman–Crippen LogP) is 1.50. The lowest BCUT2D eigenvalue weighted by atomic mass is 10.0. The van der Waals surface area contributed by atoms with E-state index in [4.69, 9.17) is 0 Å². The number of hydrogen-bond acceptors (Lipinski definition) is 4. The third-order valence-electron chi connectivity index (χ3n) is 3.93. The molecule has 1 saturated carbocycles. The molecule has 0 aromatic heterocycles. The average Bonchev–Trinajstić information content (AvgIpc) is 2.97. The number of phenols is 3. The summed E-state index contributed by atoms with van der Waals surface area (Å²) < 4.78 is 0. The number of hydrogen-bond donors (Lipinski definition) is 4. The SMILES string of the molecule is O=C(NC1CC2C=CC1C2)c1cc(O)c(O)c(O)c1. The maximum Gasteiger partial charge on any atom is 0.251 e. The fourth-order valence-corrected chi connectivity index (χ4v) is 2.93. The molecule has 0 radical (unpaired) electrons. The van der Waals surface area contributed by atoms with Crippen LogP contribution in [0.4, 0.5) is 0 Å². The fraction of sp³-hybridized carbons (Fsp3) is 0.357. The molecule has 2 aliphatic carbocycles. The normalized spacial score (nSPS) is 27.7. The molecule has 4 N–H and O–H groups in total. The van der Waals surface area contributed by atoms with Crippen LogP contribution < -0.4 is 5.32 Å². The van der Waals surface area contributed by atoms with Crippen LogP contribution in [0.2, 0.25) is 0 Å². The second kappa shape index (κ2) is 4.19. The predicted molar refractivity (Wildman–Crippen MR) is 68.0 cm³/mol. The molecule has 3 unspecified atom stereocenters. The number of fused-ring (bicyclic) bond motifs is 2. The molecular formula is C14H15NO4. The van der Waals surface area contributed by atoms with Gasteiger partial charge in [-0.25, -0.2) is 0 Å². The largest absolute Gasteiger partial charge is 0.504 e. The lowest BCUT2D eigenvalue weighted by molar-refractivity contribution is 0.0930. The van der Waals surface area contributed by atoms with Crippen molar-refractivity contribution < 1.29 is 20.1 Å². The first-order valence-electron chi connectivity index (χ1n) is 6.28. The number of rotatable bonds is 2. The van der Waals surface area contributed by atoms with Crippen LogP contribution in [0, 0.1) is 11.8 Å². The quantitative estimate of drug-likeness (QED) is 0.479. The van der Waals surface area contributed by atoms with E-state index in [-0.39, 0.29) is 17.5 Å². The van der Waals surface area contributed by atoms with Crippen LogP contribution in [-0.2, 0) is 0 Å². The van der Waals surface area contributed by atoms with Crippen molar-refractivity contribution in [2.75, 3.05) is 0 Å². The van der Waals surface area contributed by atoms with E-state index in [9.17, 15) is 20.1 Å². The summed E-state index contributed by atoms with van der Waals surface area (Å²) in [6.45, 7) is 0. The molecule has 0 spiro atoms. The molecule has 5 heteroatoms. The Kier molecular flexibility index (Phi) is 2.62. The molecule has 1 fully saturated rings. The van der Waals surface area contributed by atoms with E-state index < -0.39 is 17.2 Å². The second-order valence-electron chi connectivity index (χ2n) is 5.22. The van der Waals surface area contributed by atoms with Gasteiger partial charge >= 0.3 is 0 Å². The van der Waals surface area contributed by atoms with Crippen molar-refractivity contribution in [1.82, 2.24) is 5.32 Å². The standard InChI is InChI=1S/C14H15NO4/c16-11-5-9(6-12(17)13(11)18)14(19)15-10-4-7-1-2-8(10)3-7/h1-2,5-8,10,16-18H,3-4H2,(H,15,19). The van der Waals surface area contributed by atoms with Gasteiger partial charge in [0, 0.05) is 11.6 Å². The van der Waals surface area contributed by atoms with Crippen LogP contribution in [0.15, 0.2) is 24.3 Å².